The summed E-state index contributed by atoms with van der Waals surface area (Å²) < 4.78 is 12.9. The monoisotopic (exact) mass is 373 g/mol. The molecule has 0 amide bonds. The van der Waals surface area contributed by atoms with E-state index < -0.39 is 0 Å². The first-order valence-electron chi connectivity index (χ1n) is 9.35. The Labute approximate surface area is 161 Å². The van der Waals surface area contributed by atoms with E-state index in [4.69, 9.17) is 14.5 Å². The maximum absolute atomic E-state index is 5.64. The van der Waals surface area contributed by atoms with Crippen LogP contribution in [0.2, 0.25) is 0 Å². The van der Waals surface area contributed by atoms with Gasteiger partial charge in [-0.1, -0.05) is 0 Å². The molecule has 0 aliphatic carbocycles. The lowest BCUT2D eigenvalue weighted by molar-refractivity contribution is 0.311. The minimum Gasteiger partial charge on any atom is -0.493 e. The van der Waals surface area contributed by atoms with Gasteiger partial charge in [-0.3, -0.25) is 9.67 Å². The van der Waals surface area contributed by atoms with Gasteiger partial charge in [0, 0.05) is 37.6 Å². The summed E-state index contributed by atoms with van der Waals surface area (Å²) in [5.74, 6) is 2.17. The van der Waals surface area contributed by atoms with Crippen LogP contribution in [0.15, 0.2) is 23.2 Å². The molecule has 2 N–H and O–H groups in total. The Bertz CT molecular complexity index is 783. The first kappa shape index (κ1) is 20.6. The molecule has 1 aromatic carbocycles. The molecule has 7 heteroatoms. The highest BCUT2D eigenvalue weighted by Crippen LogP contribution is 2.30. The van der Waals surface area contributed by atoms with Crippen molar-refractivity contribution in [2.75, 3.05) is 32.1 Å². The SMILES string of the molecule is CCNC(=NCCc1c(C)nn(C)c1C)Nc1ccc(OC)c(OCC)c1. The smallest absolute Gasteiger partial charge is 0.195 e. The molecule has 1 aromatic heterocycles. The first-order chi connectivity index (χ1) is 13.0. The Kier molecular flexibility index (Phi) is 7.52. The second kappa shape index (κ2) is 9.85. The van der Waals surface area contributed by atoms with Gasteiger partial charge < -0.3 is 20.1 Å². The van der Waals surface area contributed by atoms with Gasteiger partial charge in [0.25, 0.3) is 0 Å². The van der Waals surface area contributed by atoms with Gasteiger partial charge in [-0.05, 0) is 51.8 Å². The van der Waals surface area contributed by atoms with Crippen LogP contribution in [0, 0.1) is 13.8 Å². The van der Waals surface area contributed by atoms with E-state index in [1.807, 2.05) is 50.7 Å². The highest BCUT2D eigenvalue weighted by atomic mass is 16.5. The van der Waals surface area contributed by atoms with Gasteiger partial charge in [-0.2, -0.15) is 5.10 Å². The summed E-state index contributed by atoms with van der Waals surface area (Å²) in [5, 5.41) is 11.1. The number of rotatable bonds is 8. The van der Waals surface area contributed by atoms with Crippen LogP contribution in [-0.2, 0) is 13.5 Å². The van der Waals surface area contributed by atoms with Gasteiger partial charge in [0.15, 0.2) is 17.5 Å². The van der Waals surface area contributed by atoms with Crippen LogP contribution in [-0.4, -0.2) is 42.5 Å². The topological polar surface area (TPSA) is 72.7 Å². The molecule has 0 saturated carbocycles. The Morgan fingerprint density at radius 3 is 2.59 bits per heavy atom. The molecule has 0 unspecified atom stereocenters. The number of guanidine groups is 1. The van der Waals surface area contributed by atoms with Gasteiger partial charge in [0.05, 0.1) is 19.4 Å². The van der Waals surface area contributed by atoms with Crippen molar-refractivity contribution in [1.29, 1.82) is 0 Å². The Morgan fingerprint density at radius 1 is 1.22 bits per heavy atom. The molecule has 0 fully saturated rings. The van der Waals surface area contributed by atoms with E-state index in [0.717, 1.165) is 30.3 Å². The summed E-state index contributed by atoms with van der Waals surface area (Å²) in [5.41, 5.74) is 4.42. The van der Waals surface area contributed by atoms with E-state index in [2.05, 4.69) is 22.7 Å². The third-order valence-electron chi connectivity index (χ3n) is 4.36. The quantitative estimate of drug-likeness (QED) is 0.550. The number of anilines is 1. The van der Waals surface area contributed by atoms with E-state index in [0.29, 0.717) is 24.7 Å². The lowest BCUT2D eigenvalue weighted by atomic mass is 10.1. The lowest BCUT2D eigenvalue weighted by Gasteiger charge is -2.14. The highest BCUT2D eigenvalue weighted by molar-refractivity contribution is 5.93. The molecule has 0 atom stereocenters. The van der Waals surface area contributed by atoms with E-state index in [9.17, 15) is 0 Å². The molecule has 0 spiro atoms. The van der Waals surface area contributed by atoms with Gasteiger partial charge in [0.2, 0.25) is 0 Å². The van der Waals surface area contributed by atoms with Crippen molar-refractivity contribution in [3.63, 3.8) is 0 Å². The molecular weight excluding hydrogens is 342 g/mol. The number of nitrogens with one attached hydrogen (secondary N) is 2. The predicted octanol–water partition coefficient (Wildman–Crippen LogP) is 3.06. The number of methoxy groups -OCH3 is 1. The molecule has 2 aromatic rings. The maximum atomic E-state index is 5.64. The zero-order chi connectivity index (χ0) is 19.8. The number of nitrogens with zero attached hydrogens (tertiary/aromatic N) is 3. The molecular formula is C20H31N5O2. The van der Waals surface area contributed by atoms with Crippen LogP contribution in [0.5, 0.6) is 11.5 Å². The van der Waals surface area contributed by atoms with Crippen molar-refractivity contribution in [2.24, 2.45) is 12.0 Å². The predicted molar refractivity (Wildman–Crippen MR) is 110 cm³/mol. The third-order valence-corrected chi connectivity index (χ3v) is 4.36. The van der Waals surface area contributed by atoms with E-state index in [-0.39, 0.29) is 0 Å². The highest BCUT2D eigenvalue weighted by Gasteiger charge is 2.10. The Hall–Kier alpha value is -2.70. The van der Waals surface area contributed by atoms with Crippen LogP contribution in [0.1, 0.15) is 30.8 Å². The molecule has 0 saturated heterocycles. The second-order valence-corrected chi connectivity index (χ2v) is 6.21. The van der Waals surface area contributed by atoms with Crippen molar-refractivity contribution in [3.8, 4) is 11.5 Å². The minimum atomic E-state index is 0.581. The van der Waals surface area contributed by atoms with Gasteiger partial charge in [0.1, 0.15) is 0 Å². The van der Waals surface area contributed by atoms with Crippen LogP contribution in [0.25, 0.3) is 0 Å². The number of benzene rings is 1. The van der Waals surface area contributed by atoms with Crippen LogP contribution < -0.4 is 20.1 Å². The molecule has 1 heterocycles. The van der Waals surface area contributed by atoms with Crippen molar-refractivity contribution in [1.82, 2.24) is 15.1 Å². The molecule has 0 bridgehead atoms. The summed E-state index contributed by atoms with van der Waals surface area (Å²) in [6.07, 6.45) is 0.856. The van der Waals surface area contributed by atoms with Crippen LogP contribution in [0.4, 0.5) is 5.69 Å². The Balaban J connectivity index is 2.10. The normalized spacial score (nSPS) is 11.4. The molecule has 148 valence electrons. The largest absolute Gasteiger partial charge is 0.493 e. The summed E-state index contributed by atoms with van der Waals surface area (Å²) >= 11 is 0. The Morgan fingerprint density at radius 2 is 2.00 bits per heavy atom. The summed E-state index contributed by atoms with van der Waals surface area (Å²) in [4.78, 5) is 4.70. The van der Waals surface area contributed by atoms with Crippen molar-refractivity contribution < 1.29 is 9.47 Å². The summed E-state index contributed by atoms with van der Waals surface area (Å²) in [7, 11) is 3.61. The summed E-state index contributed by atoms with van der Waals surface area (Å²) in [6.45, 7) is 10.2. The number of aromatic nitrogens is 2. The maximum Gasteiger partial charge on any atom is 0.195 e. The zero-order valence-corrected chi connectivity index (χ0v) is 17.2. The van der Waals surface area contributed by atoms with E-state index >= 15 is 0 Å². The molecule has 27 heavy (non-hydrogen) atoms. The van der Waals surface area contributed by atoms with Crippen LogP contribution in [0.3, 0.4) is 0 Å². The van der Waals surface area contributed by atoms with Gasteiger partial charge in [-0.15, -0.1) is 0 Å². The molecule has 0 aliphatic heterocycles. The van der Waals surface area contributed by atoms with Crippen LogP contribution >= 0.6 is 0 Å². The second-order valence-electron chi connectivity index (χ2n) is 6.21. The zero-order valence-electron chi connectivity index (χ0n) is 17.2. The molecule has 0 radical (unpaired) electrons. The fourth-order valence-electron chi connectivity index (χ4n) is 2.93. The fraction of sp³-hybridized carbons (Fsp3) is 0.500. The minimum absolute atomic E-state index is 0.581. The van der Waals surface area contributed by atoms with E-state index in [1.165, 1.54) is 11.3 Å². The van der Waals surface area contributed by atoms with Crippen molar-refractivity contribution in [2.45, 2.75) is 34.1 Å². The standard InChI is InChI=1S/C20H31N5O2/c1-7-21-20(22-12-11-17-14(3)24-25(5)15(17)4)23-16-9-10-18(26-6)19(13-16)27-8-2/h9-10,13H,7-8,11-12H2,1-6H3,(H2,21,22,23). The lowest BCUT2D eigenvalue weighted by Crippen LogP contribution is -2.31. The van der Waals surface area contributed by atoms with Gasteiger partial charge in [-0.25, -0.2) is 0 Å². The summed E-state index contributed by atoms with van der Waals surface area (Å²) in [6, 6.07) is 5.76. The fourth-order valence-corrected chi connectivity index (χ4v) is 2.93. The third kappa shape index (κ3) is 5.39. The van der Waals surface area contributed by atoms with Crippen molar-refractivity contribution >= 4 is 11.6 Å². The number of ether oxygens (including phenoxy) is 2. The number of hydrogen-bond acceptors (Lipinski definition) is 4. The van der Waals surface area contributed by atoms with E-state index in [1.54, 1.807) is 7.11 Å². The van der Waals surface area contributed by atoms with Gasteiger partial charge >= 0.3 is 0 Å². The number of hydrogen-bond donors (Lipinski definition) is 2. The van der Waals surface area contributed by atoms with Crippen molar-refractivity contribution in [3.05, 3.63) is 35.2 Å². The average molecular weight is 374 g/mol. The molecule has 0 aliphatic rings. The molecule has 7 nitrogen and oxygen atoms in total. The average Bonchev–Trinajstić information content (AvgIpc) is 2.88. The number of aliphatic imine (C=N–C) groups is 1. The first-order valence-corrected chi connectivity index (χ1v) is 9.35. The molecule has 2 rings (SSSR count). The number of aryl methyl sites for hydroxylation is 2.